The zero-order valence-electron chi connectivity index (χ0n) is 14.5. The van der Waals surface area contributed by atoms with Gasteiger partial charge in [-0.25, -0.2) is 10.6 Å². The summed E-state index contributed by atoms with van der Waals surface area (Å²) in [4.78, 5) is 26.3. The number of aliphatic imine (C=N–C) groups is 1. The third kappa shape index (κ3) is 4.24. The zero-order valence-corrected chi connectivity index (χ0v) is 14.5. The first kappa shape index (κ1) is 18.4. The molecule has 5 N–H and O–H groups in total. The Kier molecular flexibility index (Phi) is 5.68. The van der Waals surface area contributed by atoms with E-state index in [0.29, 0.717) is 0 Å². The summed E-state index contributed by atoms with van der Waals surface area (Å²) in [7, 11) is 0. The van der Waals surface area contributed by atoms with E-state index in [4.69, 9.17) is 15.7 Å². The predicted octanol–water partition coefficient (Wildman–Crippen LogP) is 1.47. The van der Waals surface area contributed by atoms with E-state index >= 15 is 0 Å². The summed E-state index contributed by atoms with van der Waals surface area (Å²) in [6, 6.07) is 16.1. The monoisotopic (exact) mass is 368 g/mol. The highest BCUT2D eigenvalue weighted by Crippen LogP contribution is 2.44. The number of alkyl carbamates (subject to hydrolysis) is 1. The van der Waals surface area contributed by atoms with Gasteiger partial charge < -0.3 is 20.6 Å². The number of aliphatic carboxylic acids is 1. The first-order valence-electron chi connectivity index (χ1n) is 8.40. The fourth-order valence-electron chi connectivity index (χ4n) is 3.12. The number of hydrazine groups is 1. The number of hydrogen-bond acceptors (Lipinski definition) is 5. The molecule has 0 atom stereocenters. The van der Waals surface area contributed by atoms with Crippen molar-refractivity contribution in [3.05, 3.63) is 59.7 Å². The molecule has 0 heterocycles. The lowest BCUT2D eigenvalue weighted by Crippen LogP contribution is -2.41. The van der Waals surface area contributed by atoms with Crippen molar-refractivity contribution in [2.75, 3.05) is 19.7 Å². The fraction of sp³-hybridized carbons (Fsp3) is 0.211. The van der Waals surface area contributed by atoms with Crippen molar-refractivity contribution in [2.24, 2.45) is 10.8 Å². The van der Waals surface area contributed by atoms with Crippen LogP contribution in [0, 0.1) is 0 Å². The molecule has 0 saturated carbocycles. The van der Waals surface area contributed by atoms with Crippen molar-refractivity contribution in [2.45, 2.75) is 5.92 Å². The standard InChI is InChI=1S/C19H20N4O4/c20-23-17(21-10-18(24)25)9-22-19(26)27-11-16-14-7-3-1-5-12(14)13-6-2-4-8-15(13)16/h1-8,16H,9-11,20H2,(H,21,23)(H,22,26)(H,24,25). The van der Waals surface area contributed by atoms with Crippen LogP contribution in [0.4, 0.5) is 4.79 Å². The van der Waals surface area contributed by atoms with Gasteiger partial charge >= 0.3 is 12.1 Å². The van der Waals surface area contributed by atoms with Crippen molar-refractivity contribution in [3.8, 4) is 11.1 Å². The van der Waals surface area contributed by atoms with E-state index in [1.165, 1.54) is 0 Å². The molecule has 0 radical (unpaired) electrons. The summed E-state index contributed by atoms with van der Waals surface area (Å²) in [5.74, 6) is 4.28. The third-order valence-electron chi connectivity index (χ3n) is 4.32. The number of rotatable bonds is 6. The van der Waals surface area contributed by atoms with Gasteiger partial charge in [-0.05, 0) is 22.3 Å². The number of nitrogens with two attached hydrogens (primary N) is 1. The van der Waals surface area contributed by atoms with Crippen LogP contribution in [0.3, 0.4) is 0 Å². The van der Waals surface area contributed by atoms with Crippen LogP contribution in [0.5, 0.6) is 0 Å². The first-order valence-corrected chi connectivity index (χ1v) is 8.40. The Bertz CT molecular complexity index is 836. The van der Waals surface area contributed by atoms with E-state index in [2.05, 4.69) is 27.9 Å². The van der Waals surface area contributed by atoms with Crippen molar-refractivity contribution in [1.29, 1.82) is 0 Å². The number of nitrogens with one attached hydrogen (secondary N) is 2. The molecule has 1 amide bonds. The van der Waals surface area contributed by atoms with Gasteiger partial charge in [0.2, 0.25) is 0 Å². The second-order valence-electron chi connectivity index (χ2n) is 5.98. The highest BCUT2D eigenvalue weighted by atomic mass is 16.5. The maximum atomic E-state index is 12.0. The van der Waals surface area contributed by atoms with Crippen molar-refractivity contribution < 1.29 is 19.4 Å². The molecular weight excluding hydrogens is 348 g/mol. The molecule has 140 valence electrons. The number of carbonyl (C=O) groups is 2. The number of ether oxygens (including phenoxy) is 1. The topological polar surface area (TPSA) is 126 Å². The van der Waals surface area contributed by atoms with Gasteiger partial charge in [0.15, 0.2) is 0 Å². The highest BCUT2D eigenvalue weighted by molar-refractivity contribution is 5.88. The maximum Gasteiger partial charge on any atom is 0.407 e. The molecule has 0 spiro atoms. The smallest absolute Gasteiger partial charge is 0.407 e. The Hall–Kier alpha value is -3.39. The average Bonchev–Trinajstić information content (AvgIpc) is 3.00. The number of carbonyl (C=O) groups excluding carboxylic acids is 1. The Balaban J connectivity index is 1.61. The van der Waals surface area contributed by atoms with Gasteiger partial charge in [-0.2, -0.15) is 0 Å². The van der Waals surface area contributed by atoms with E-state index in [0.717, 1.165) is 22.3 Å². The summed E-state index contributed by atoms with van der Waals surface area (Å²) in [5, 5.41) is 11.1. The van der Waals surface area contributed by atoms with Gasteiger partial charge in [-0.1, -0.05) is 48.5 Å². The predicted molar refractivity (Wildman–Crippen MR) is 100 cm³/mol. The summed E-state index contributed by atoms with van der Waals surface area (Å²) in [6.07, 6.45) is -0.630. The molecule has 0 aromatic heterocycles. The average molecular weight is 368 g/mol. The Morgan fingerprint density at radius 3 is 2.22 bits per heavy atom. The molecular formula is C19H20N4O4. The van der Waals surface area contributed by atoms with Crippen molar-refractivity contribution >= 4 is 17.9 Å². The van der Waals surface area contributed by atoms with Gasteiger partial charge in [0, 0.05) is 5.92 Å². The highest BCUT2D eigenvalue weighted by Gasteiger charge is 2.28. The minimum atomic E-state index is -1.09. The van der Waals surface area contributed by atoms with E-state index in [-0.39, 0.29) is 24.9 Å². The van der Waals surface area contributed by atoms with E-state index in [1.807, 2.05) is 36.4 Å². The van der Waals surface area contributed by atoms with Crippen LogP contribution < -0.4 is 16.6 Å². The van der Waals surface area contributed by atoms with Crippen LogP contribution in [0.15, 0.2) is 53.5 Å². The van der Waals surface area contributed by atoms with Crippen LogP contribution in [0.25, 0.3) is 11.1 Å². The number of benzene rings is 2. The number of amidine groups is 1. The zero-order chi connectivity index (χ0) is 19.2. The van der Waals surface area contributed by atoms with E-state index in [1.54, 1.807) is 0 Å². The molecule has 8 heteroatoms. The van der Waals surface area contributed by atoms with Crippen LogP contribution in [0.2, 0.25) is 0 Å². The number of nitrogens with zero attached hydrogens (tertiary/aromatic N) is 1. The molecule has 1 aliphatic carbocycles. The molecule has 0 saturated heterocycles. The molecule has 0 fully saturated rings. The van der Waals surface area contributed by atoms with Crippen LogP contribution in [0.1, 0.15) is 17.0 Å². The molecule has 2 aromatic rings. The minimum Gasteiger partial charge on any atom is -0.480 e. The van der Waals surface area contributed by atoms with Crippen molar-refractivity contribution in [3.63, 3.8) is 0 Å². The lowest BCUT2D eigenvalue weighted by molar-refractivity contribution is -0.135. The number of fused-ring (bicyclic) bond motifs is 3. The Morgan fingerprint density at radius 1 is 1.07 bits per heavy atom. The molecule has 0 unspecified atom stereocenters. The van der Waals surface area contributed by atoms with Gasteiger partial charge in [0.1, 0.15) is 19.0 Å². The summed E-state index contributed by atoms with van der Waals surface area (Å²) in [5.41, 5.74) is 6.80. The number of carboxylic acids is 1. The molecule has 1 aliphatic rings. The maximum absolute atomic E-state index is 12.0. The molecule has 3 rings (SSSR count). The molecule has 27 heavy (non-hydrogen) atoms. The molecule has 0 bridgehead atoms. The van der Waals surface area contributed by atoms with Crippen molar-refractivity contribution in [1.82, 2.24) is 10.7 Å². The van der Waals surface area contributed by atoms with Gasteiger partial charge in [-0.3, -0.25) is 9.79 Å². The number of amides is 1. The van der Waals surface area contributed by atoms with Gasteiger partial charge in [0.25, 0.3) is 0 Å². The summed E-state index contributed by atoms with van der Waals surface area (Å²) >= 11 is 0. The Labute approximate surface area is 156 Å². The first-order chi connectivity index (χ1) is 13.1. The summed E-state index contributed by atoms with van der Waals surface area (Å²) < 4.78 is 5.37. The van der Waals surface area contributed by atoms with Crippen LogP contribution >= 0.6 is 0 Å². The largest absolute Gasteiger partial charge is 0.480 e. The summed E-state index contributed by atoms with van der Waals surface area (Å²) in [6.45, 7) is -0.302. The second kappa shape index (κ2) is 8.33. The van der Waals surface area contributed by atoms with E-state index < -0.39 is 18.6 Å². The minimum absolute atomic E-state index is 0.0315. The lowest BCUT2D eigenvalue weighted by Gasteiger charge is -2.15. The lowest BCUT2D eigenvalue weighted by atomic mass is 9.98. The quantitative estimate of drug-likeness (QED) is 0.265. The Morgan fingerprint density at radius 2 is 1.67 bits per heavy atom. The molecule has 2 aromatic carbocycles. The van der Waals surface area contributed by atoms with Gasteiger partial charge in [0.05, 0.1) is 6.54 Å². The second-order valence-corrected chi connectivity index (χ2v) is 5.98. The normalized spacial score (nSPS) is 12.9. The van der Waals surface area contributed by atoms with E-state index in [9.17, 15) is 9.59 Å². The molecule has 0 aliphatic heterocycles. The van der Waals surface area contributed by atoms with Crippen LogP contribution in [-0.2, 0) is 9.53 Å². The molecule has 8 nitrogen and oxygen atoms in total. The fourth-order valence-corrected chi connectivity index (χ4v) is 3.12. The van der Waals surface area contributed by atoms with Crippen LogP contribution in [-0.4, -0.2) is 42.7 Å². The number of carboxylic acid groups (broad SMARTS) is 1. The SMILES string of the molecule is NNC(CNC(=O)OCC1c2ccccc2-c2ccccc21)=NCC(=O)O. The van der Waals surface area contributed by atoms with Gasteiger partial charge in [-0.15, -0.1) is 0 Å². The third-order valence-corrected chi connectivity index (χ3v) is 4.32. The number of hydrogen-bond donors (Lipinski definition) is 4.